The molecule has 2 heterocycles. The molecule has 0 aliphatic carbocycles. The van der Waals surface area contributed by atoms with Gasteiger partial charge >= 0.3 is 0 Å². The summed E-state index contributed by atoms with van der Waals surface area (Å²) in [5.41, 5.74) is 8.99. The van der Waals surface area contributed by atoms with Crippen LogP contribution in [0.3, 0.4) is 0 Å². The van der Waals surface area contributed by atoms with Crippen molar-refractivity contribution in [2.45, 2.75) is 38.5 Å². The fourth-order valence-electron chi connectivity index (χ4n) is 3.25. The lowest BCUT2D eigenvalue weighted by Crippen LogP contribution is -2.38. The number of pyridine rings is 1. The Hall–Kier alpha value is -2.10. The molecule has 1 saturated heterocycles. The number of likely N-dealkylation sites (tertiary alicyclic amines) is 1. The Kier molecular flexibility index (Phi) is 4.27. The van der Waals surface area contributed by atoms with Gasteiger partial charge in [0, 0.05) is 30.8 Å². The fourth-order valence-corrected chi connectivity index (χ4v) is 3.25. The predicted octanol–water partition coefficient (Wildman–Crippen LogP) is 3.32. The van der Waals surface area contributed by atoms with Gasteiger partial charge in [0.25, 0.3) is 0 Å². The van der Waals surface area contributed by atoms with E-state index in [9.17, 15) is 4.79 Å². The maximum Gasteiger partial charge on any atom is 0.222 e. The van der Waals surface area contributed by atoms with Gasteiger partial charge in [0.1, 0.15) is 0 Å². The van der Waals surface area contributed by atoms with Crippen LogP contribution in [-0.4, -0.2) is 28.9 Å². The molecule has 0 unspecified atom stereocenters. The largest absolute Gasteiger partial charge is 0.397 e. The second-order valence-corrected chi connectivity index (χ2v) is 6.06. The summed E-state index contributed by atoms with van der Waals surface area (Å²) in [6.45, 7) is 3.68. The summed E-state index contributed by atoms with van der Waals surface area (Å²) in [5.74, 6) is 0.635. The van der Waals surface area contributed by atoms with Crippen molar-refractivity contribution in [2.75, 3.05) is 18.8 Å². The van der Waals surface area contributed by atoms with E-state index >= 15 is 0 Å². The molecule has 1 fully saturated rings. The maximum atomic E-state index is 12.0. The fraction of sp³-hybridized carbons (Fsp3) is 0.444. The second kappa shape index (κ2) is 6.34. The molecule has 0 radical (unpaired) electrons. The summed E-state index contributed by atoms with van der Waals surface area (Å²) in [6.07, 6.45) is 3.47. The van der Waals surface area contributed by atoms with Gasteiger partial charge in [-0.05, 0) is 31.4 Å². The van der Waals surface area contributed by atoms with Crippen molar-refractivity contribution in [1.29, 1.82) is 0 Å². The van der Waals surface area contributed by atoms with Crippen molar-refractivity contribution in [3.63, 3.8) is 0 Å². The molecular formula is C18H23N3O. The minimum absolute atomic E-state index is 0.278. The molecule has 1 aromatic carbocycles. The third-order valence-electron chi connectivity index (χ3n) is 4.48. The van der Waals surface area contributed by atoms with Gasteiger partial charge in [-0.25, -0.2) is 0 Å². The third kappa shape index (κ3) is 2.91. The van der Waals surface area contributed by atoms with Crippen LogP contribution in [0.15, 0.2) is 30.3 Å². The van der Waals surface area contributed by atoms with Crippen molar-refractivity contribution in [3.8, 4) is 0 Å². The number of hydrogen-bond donors (Lipinski definition) is 1. The third-order valence-corrected chi connectivity index (χ3v) is 4.48. The second-order valence-electron chi connectivity index (χ2n) is 6.06. The summed E-state index contributed by atoms with van der Waals surface area (Å²) >= 11 is 0. The van der Waals surface area contributed by atoms with E-state index in [4.69, 9.17) is 10.7 Å². The number of nitrogens with zero attached hydrogens (tertiary/aromatic N) is 2. The van der Waals surface area contributed by atoms with Crippen molar-refractivity contribution in [1.82, 2.24) is 9.88 Å². The quantitative estimate of drug-likeness (QED) is 0.945. The summed E-state index contributed by atoms with van der Waals surface area (Å²) in [7, 11) is 0. The van der Waals surface area contributed by atoms with Crippen molar-refractivity contribution in [2.24, 2.45) is 0 Å². The van der Waals surface area contributed by atoms with Crippen LogP contribution < -0.4 is 5.73 Å². The monoisotopic (exact) mass is 297 g/mol. The molecule has 4 nitrogen and oxygen atoms in total. The molecule has 22 heavy (non-hydrogen) atoms. The first kappa shape index (κ1) is 14.8. The molecule has 1 aliphatic heterocycles. The summed E-state index contributed by atoms with van der Waals surface area (Å²) in [6, 6.07) is 10.1. The Bertz CT molecular complexity index is 675. The molecule has 0 atom stereocenters. The number of piperidine rings is 1. The molecule has 2 N–H and O–H groups in total. The van der Waals surface area contributed by atoms with E-state index in [1.54, 1.807) is 0 Å². The normalized spacial score (nSPS) is 16.1. The Morgan fingerprint density at radius 2 is 2.05 bits per heavy atom. The summed E-state index contributed by atoms with van der Waals surface area (Å²) in [5, 5.41) is 1.08. The molecule has 116 valence electrons. The number of carbonyl (C=O) groups excluding carboxylic acids is 1. The van der Waals surface area contributed by atoms with Gasteiger partial charge in [-0.15, -0.1) is 0 Å². The number of nitrogen functional groups attached to an aromatic ring is 1. The Morgan fingerprint density at radius 3 is 2.77 bits per heavy atom. The molecule has 2 aromatic rings. The number of anilines is 1. The zero-order valence-electron chi connectivity index (χ0n) is 13.1. The van der Waals surface area contributed by atoms with Crippen LogP contribution in [0.1, 0.15) is 44.2 Å². The van der Waals surface area contributed by atoms with Crippen LogP contribution in [0.2, 0.25) is 0 Å². The van der Waals surface area contributed by atoms with Crippen LogP contribution in [0.5, 0.6) is 0 Å². The van der Waals surface area contributed by atoms with Gasteiger partial charge in [-0.1, -0.05) is 25.1 Å². The SMILES string of the molecule is CCCC(=O)N1CCC(c2nc3ccccc3cc2N)CC1. The number of carbonyl (C=O) groups is 1. The molecular weight excluding hydrogens is 274 g/mol. The smallest absolute Gasteiger partial charge is 0.222 e. The molecule has 1 aliphatic rings. The van der Waals surface area contributed by atoms with E-state index in [1.807, 2.05) is 42.2 Å². The van der Waals surface area contributed by atoms with Gasteiger partial charge in [-0.2, -0.15) is 0 Å². The first-order valence-corrected chi connectivity index (χ1v) is 8.12. The van der Waals surface area contributed by atoms with Crippen molar-refractivity contribution >= 4 is 22.5 Å². The number of fused-ring (bicyclic) bond motifs is 1. The molecule has 0 spiro atoms. The molecule has 1 aromatic heterocycles. The first-order chi connectivity index (χ1) is 10.7. The molecule has 0 saturated carbocycles. The Labute approximate surface area is 131 Å². The van der Waals surface area contributed by atoms with E-state index in [0.717, 1.165) is 54.6 Å². The van der Waals surface area contributed by atoms with Crippen molar-refractivity contribution in [3.05, 3.63) is 36.0 Å². The van der Waals surface area contributed by atoms with Crippen LogP contribution >= 0.6 is 0 Å². The highest BCUT2D eigenvalue weighted by atomic mass is 16.2. The first-order valence-electron chi connectivity index (χ1n) is 8.12. The Morgan fingerprint density at radius 1 is 1.32 bits per heavy atom. The highest BCUT2D eigenvalue weighted by Crippen LogP contribution is 2.32. The van der Waals surface area contributed by atoms with Crippen molar-refractivity contribution < 1.29 is 4.79 Å². The number of rotatable bonds is 3. The van der Waals surface area contributed by atoms with E-state index < -0.39 is 0 Å². The lowest BCUT2D eigenvalue weighted by atomic mass is 9.91. The number of para-hydroxylation sites is 1. The van der Waals surface area contributed by atoms with Crippen LogP contribution in [0, 0.1) is 0 Å². The topological polar surface area (TPSA) is 59.2 Å². The predicted molar refractivity (Wildman–Crippen MR) is 89.6 cm³/mol. The van der Waals surface area contributed by atoms with Gasteiger partial charge in [0.15, 0.2) is 0 Å². The van der Waals surface area contributed by atoms with Crippen LogP contribution in [-0.2, 0) is 4.79 Å². The average molecular weight is 297 g/mol. The number of benzene rings is 1. The molecule has 0 bridgehead atoms. The maximum absolute atomic E-state index is 12.0. The lowest BCUT2D eigenvalue weighted by Gasteiger charge is -2.32. The lowest BCUT2D eigenvalue weighted by molar-refractivity contribution is -0.132. The van der Waals surface area contributed by atoms with Crippen LogP contribution in [0.25, 0.3) is 10.9 Å². The zero-order valence-corrected chi connectivity index (χ0v) is 13.1. The van der Waals surface area contributed by atoms with E-state index in [0.29, 0.717) is 12.3 Å². The van der Waals surface area contributed by atoms with E-state index in [1.165, 1.54) is 0 Å². The summed E-state index contributed by atoms with van der Waals surface area (Å²) in [4.78, 5) is 18.7. The van der Waals surface area contributed by atoms with Gasteiger partial charge in [-0.3, -0.25) is 9.78 Å². The molecule has 4 heteroatoms. The molecule has 3 rings (SSSR count). The van der Waals surface area contributed by atoms with E-state index in [-0.39, 0.29) is 5.91 Å². The average Bonchev–Trinajstić information content (AvgIpc) is 2.54. The number of amides is 1. The zero-order chi connectivity index (χ0) is 15.5. The number of nitrogens with two attached hydrogens (primary N) is 1. The molecule has 1 amide bonds. The Balaban J connectivity index is 1.76. The highest BCUT2D eigenvalue weighted by molar-refractivity contribution is 5.82. The van der Waals surface area contributed by atoms with Gasteiger partial charge < -0.3 is 10.6 Å². The van der Waals surface area contributed by atoms with Gasteiger partial charge in [0.2, 0.25) is 5.91 Å². The minimum atomic E-state index is 0.278. The van der Waals surface area contributed by atoms with E-state index in [2.05, 4.69) is 0 Å². The summed E-state index contributed by atoms with van der Waals surface area (Å²) < 4.78 is 0. The standard InChI is InChI=1S/C18H23N3O/c1-2-5-17(22)21-10-8-13(9-11-21)18-15(19)12-14-6-3-4-7-16(14)20-18/h3-4,6-7,12-13H,2,5,8-11,19H2,1H3. The number of aromatic nitrogens is 1. The number of hydrogen-bond acceptors (Lipinski definition) is 3. The minimum Gasteiger partial charge on any atom is -0.397 e. The van der Waals surface area contributed by atoms with Gasteiger partial charge in [0.05, 0.1) is 16.9 Å². The van der Waals surface area contributed by atoms with Crippen LogP contribution in [0.4, 0.5) is 5.69 Å². The highest BCUT2D eigenvalue weighted by Gasteiger charge is 2.25.